The van der Waals surface area contributed by atoms with Crippen molar-refractivity contribution in [1.29, 1.82) is 0 Å². The highest BCUT2D eigenvalue weighted by Crippen LogP contribution is 2.35. The highest BCUT2D eigenvalue weighted by atomic mass is 32.1. The van der Waals surface area contributed by atoms with Crippen LogP contribution < -0.4 is 10.6 Å². The molecular weight excluding hydrogens is 272 g/mol. The molecule has 0 atom stereocenters. The molecule has 0 amide bonds. The van der Waals surface area contributed by atoms with E-state index in [1.807, 2.05) is 12.1 Å². The van der Waals surface area contributed by atoms with Crippen LogP contribution in [0.25, 0.3) is 0 Å². The minimum atomic E-state index is -0.981. The average Bonchev–Trinajstić information content (AvgIpc) is 3.12. The van der Waals surface area contributed by atoms with E-state index in [4.69, 9.17) is 10.8 Å². The van der Waals surface area contributed by atoms with Crippen LogP contribution in [0.2, 0.25) is 0 Å². The van der Waals surface area contributed by atoms with Crippen LogP contribution in [0.15, 0.2) is 35.7 Å². The van der Waals surface area contributed by atoms with Gasteiger partial charge in [0.2, 0.25) is 0 Å². The van der Waals surface area contributed by atoms with Crippen molar-refractivity contribution in [2.75, 3.05) is 10.6 Å². The normalized spacial score (nSPS) is 14.2. The lowest BCUT2D eigenvalue weighted by Crippen LogP contribution is -2.24. The molecule has 0 aliphatic heterocycles. The summed E-state index contributed by atoms with van der Waals surface area (Å²) in [6, 6.07) is 9.94. The Morgan fingerprint density at radius 3 is 2.75 bits per heavy atom. The Bertz CT molecular complexity index is 621. The molecule has 0 unspecified atom stereocenters. The molecule has 1 aliphatic rings. The van der Waals surface area contributed by atoms with Gasteiger partial charge in [-0.2, -0.15) is 0 Å². The quantitative estimate of drug-likeness (QED) is 0.829. The van der Waals surface area contributed by atoms with Gasteiger partial charge in [0.05, 0.1) is 12.1 Å². The number of carboxylic acid groups (broad SMARTS) is 1. The Labute approximate surface area is 121 Å². The summed E-state index contributed by atoms with van der Waals surface area (Å²) in [5.41, 5.74) is 7.35. The molecule has 1 aliphatic carbocycles. The Hall–Kier alpha value is -2.01. The number of nitrogen functional groups attached to an aromatic ring is 1. The monoisotopic (exact) mass is 288 g/mol. The van der Waals surface area contributed by atoms with Gasteiger partial charge >= 0.3 is 5.97 Å². The smallest absolute Gasteiger partial charge is 0.337 e. The molecule has 0 radical (unpaired) electrons. The highest BCUT2D eigenvalue weighted by Gasteiger charge is 2.29. The Balaban J connectivity index is 1.88. The highest BCUT2D eigenvalue weighted by molar-refractivity contribution is 7.09. The number of benzene rings is 1. The van der Waals surface area contributed by atoms with Crippen LogP contribution >= 0.6 is 11.3 Å². The number of rotatable bonds is 5. The molecule has 1 aromatic carbocycles. The number of anilines is 2. The molecule has 1 fully saturated rings. The number of aromatic carboxylic acids is 1. The fourth-order valence-electron chi connectivity index (χ4n) is 2.31. The summed E-state index contributed by atoms with van der Waals surface area (Å²) in [6.07, 6.45) is 2.37. The van der Waals surface area contributed by atoms with Gasteiger partial charge in [0.25, 0.3) is 0 Å². The number of hydrogen-bond acceptors (Lipinski definition) is 4. The van der Waals surface area contributed by atoms with Gasteiger partial charge in [0.1, 0.15) is 0 Å². The van der Waals surface area contributed by atoms with E-state index in [1.54, 1.807) is 23.5 Å². The number of carbonyl (C=O) groups is 1. The van der Waals surface area contributed by atoms with Crippen molar-refractivity contribution in [3.8, 4) is 0 Å². The number of carboxylic acids is 1. The van der Waals surface area contributed by atoms with Crippen molar-refractivity contribution >= 4 is 28.7 Å². The lowest BCUT2D eigenvalue weighted by atomic mass is 10.1. The van der Waals surface area contributed by atoms with E-state index in [-0.39, 0.29) is 5.56 Å². The van der Waals surface area contributed by atoms with Crippen molar-refractivity contribution in [2.45, 2.75) is 25.4 Å². The largest absolute Gasteiger partial charge is 0.478 e. The van der Waals surface area contributed by atoms with E-state index >= 15 is 0 Å². The van der Waals surface area contributed by atoms with Crippen molar-refractivity contribution in [1.82, 2.24) is 0 Å². The minimum Gasteiger partial charge on any atom is -0.478 e. The minimum absolute atomic E-state index is 0.167. The third-order valence-electron chi connectivity index (χ3n) is 3.49. The van der Waals surface area contributed by atoms with Gasteiger partial charge in [-0.15, -0.1) is 11.3 Å². The second kappa shape index (κ2) is 5.17. The molecule has 1 heterocycles. The van der Waals surface area contributed by atoms with Crippen molar-refractivity contribution < 1.29 is 9.90 Å². The standard InChI is InChI=1S/C15H16N2O2S/c16-14-8-11(5-6-13(14)15(18)19)17(10-3-4-10)9-12-2-1-7-20-12/h1-2,5-8,10H,3-4,9,16H2,(H,18,19). The van der Waals surface area contributed by atoms with Crippen LogP contribution in [-0.4, -0.2) is 17.1 Å². The van der Waals surface area contributed by atoms with Gasteiger partial charge in [-0.25, -0.2) is 4.79 Å². The van der Waals surface area contributed by atoms with Crippen molar-refractivity contribution in [3.05, 3.63) is 46.2 Å². The topological polar surface area (TPSA) is 66.6 Å². The van der Waals surface area contributed by atoms with Crippen LogP contribution in [0, 0.1) is 0 Å². The van der Waals surface area contributed by atoms with E-state index in [2.05, 4.69) is 16.3 Å². The molecule has 0 spiro atoms. The molecule has 5 heteroatoms. The first-order chi connectivity index (χ1) is 9.65. The van der Waals surface area contributed by atoms with E-state index in [9.17, 15) is 4.79 Å². The lowest BCUT2D eigenvalue weighted by Gasteiger charge is -2.24. The summed E-state index contributed by atoms with van der Waals surface area (Å²) in [4.78, 5) is 14.6. The number of hydrogen-bond donors (Lipinski definition) is 2. The Morgan fingerprint density at radius 2 is 2.20 bits per heavy atom. The molecular formula is C15H16N2O2S. The summed E-state index contributed by atoms with van der Waals surface area (Å²) < 4.78 is 0. The molecule has 0 saturated heterocycles. The predicted molar refractivity (Wildman–Crippen MR) is 81.3 cm³/mol. The van der Waals surface area contributed by atoms with Crippen LogP contribution in [0.1, 0.15) is 28.1 Å². The summed E-state index contributed by atoms with van der Waals surface area (Å²) in [5.74, 6) is -0.981. The van der Waals surface area contributed by atoms with Gasteiger partial charge in [-0.05, 0) is 42.5 Å². The number of nitrogens with two attached hydrogens (primary N) is 1. The van der Waals surface area contributed by atoms with Crippen molar-refractivity contribution in [2.24, 2.45) is 0 Å². The van der Waals surface area contributed by atoms with Gasteiger partial charge < -0.3 is 15.7 Å². The van der Waals surface area contributed by atoms with Crippen LogP contribution in [0.4, 0.5) is 11.4 Å². The maximum Gasteiger partial charge on any atom is 0.337 e. The lowest BCUT2D eigenvalue weighted by molar-refractivity contribution is 0.0698. The summed E-state index contributed by atoms with van der Waals surface area (Å²) in [5, 5.41) is 11.1. The molecule has 4 nitrogen and oxygen atoms in total. The molecule has 104 valence electrons. The maximum atomic E-state index is 11.0. The van der Waals surface area contributed by atoms with E-state index in [0.717, 1.165) is 12.2 Å². The molecule has 1 saturated carbocycles. The zero-order valence-electron chi connectivity index (χ0n) is 11.0. The third-order valence-corrected chi connectivity index (χ3v) is 4.35. The fraction of sp³-hybridized carbons (Fsp3) is 0.267. The van der Waals surface area contributed by atoms with Crippen LogP contribution in [0.5, 0.6) is 0 Å². The summed E-state index contributed by atoms with van der Waals surface area (Å²) in [7, 11) is 0. The van der Waals surface area contributed by atoms with Gasteiger partial charge in [0, 0.05) is 22.3 Å². The molecule has 3 N–H and O–H groups in total. The summed E-state index contributed by atoms with van der Waals surface area (Å²) in [6.45, 7) is 0.855. The first-order valence-electron chi connectivity index (χ1n) is 6.57. The molecule has 2 aromatic rings. The molecule has 0 bridgehead atoms. The second-order valence-corrected chi connectivity index (χ2v) is 6.05. The van der Waals surface area contributed by atoms with Crippen LogP contribution in [0.3, 0.4) is 0 Å². The molecule has 20 heavy (non-hydrogen) atoms. The zero-order chi connectivity index (χ0) is 14.1. The van der Waals surface area contributed by atoms with Crippen molar-refractivity contribution in [3.63, 3.8) is 0 Å². The van der Waals surface area contributed by atoms with Gasteiger partial charge in [-0.1, -0.05) is 6.07 Å². The van der Waals surface area contributed by atoms with E-state index < -0.39 is 5.97 Å². The van der Waals surface area contributed by atoms with E-state index in [1.165, 1.54) is 17.7 Å². The number of thiophene rings is 1. The predicted octanol–water partition coefficient (Wildman–Crippen LogP) is 3.20. The number of nitrogens with zero attached hydrogens (tertiary/aromatic N) is 1. The zero-order valence-corrected chi connectivity index (χ0v) is 11.8. The second-order valence-electron chi connectivity index (χ2n) is 5.02. The molecule has 1 aromatic heterocycles. The van der Waals surface area contributed by atoms with Gasteiger partial charge in [-0.3, -0.25) is 0 Å². The summed E-state index contributed by atoms with van der Waals surface area (Å²) >= 11 is 1.74. The Morgan fingerprint density at radius 1 is 1.40 bits per heavy atom. The van der Waals surface area contributed by atoms with Gasteiger partial charge in [0.15, 0.2) is 0 Å². The first kappa shape index (κ1) is 13.0. The maximum absolute atomic E-state index is 11.0. The van der Waals surface area contributed by atoms with E-state index in [0.29, 0.717) is 11.7 Å². The first-order valence-corrected chi connectivity index (χ1v) is 7.45. The molecule has 3 rings (SSSR count). The third kappa shape index (κ3) is 2.63. The average molecular weight is 288 g/mol. The Kier molecular flexibility index (Phi) is 3.36. The fourth-order valence-corrected chi connectivity index (χ4v) is 3.01. The SMILES string of the molecule is Nc1cc(N(Cc2cccs2)C2CC2)ccc1C(=O)O. The van der Waals surface area contributed by atoms with Crippen LogP contribution in [-0.2, 0) is 6.54 Å².